The lowest BCUT2D eigenvalue weighted by Gasteiger charge is -2.00. The lowest BCUT2D eigenvalue weighted by atomic mass is 10.2. The molecule has 1 aromatic heterocycles. The highest BCUT2D eigenvalue weighted by atomic mass is 32.1. The second-order valence-corrected chi connectivity index (χ2v) is 4.40. The molecule has 16 heavy (non-hydrogen) atoms. The minimum atomic E-state index is 0.590. The van der Waals surface area contributed by atoms with E-state index in [9.17, 15) is 0 Å². The maximum absolute atomic E-state index is 8.36. The molecule has 0 unspecified atom stereocenters. The summed E-state index contributed by atoms with van der Waals surface area (Å²) in [5.74, 6) is 0. The molecule has 0 aliphatic heterocycles. The number of thiazole rings is 1. The van der Waals surface area contributed by atoms with Crippen molar-refractivity contribution in [2.75, 3.05) is 13.7 Å². The highest BCUT2D eigenvalue weighted by Crippen LogP contribution is 2.10. The van der Waals surface area contributed by atoms with Gasteiger partial charge in [-0.25, -0.2) is 4.98 Å². The minimum absolute atomic E-state index is 0.590. The van der Waals surface area contributed by atoms with Gasteiger partial charge in [-0.3, -0.25) is 0 Å². The Kier molecular flexibility index (Phi) is 6.74. The van der Waals surface area contributed by atoms with Crippen LogP contribution in [-0.4, -0.2) is 18.6 Å². The van der Waals surface area contributed by atoms with Crippen molar-refractivity contribution in [3.05, 3.63) is 16.1 Å². The molecule has 1 N–H and O–H groups in total. The molecule has 1 heterocycles. The summed E-state index contributed by atoms with van der Waals surface area (Å²) in [7, 11) is 1.68. The lowest BCUT2D eigenvalue weighted by molar-refractivity contribution is 0.184. The first-order valence-corrected chi connectivity index (χ1v) is 6.24. The molecule has 4 nitrogen and oxygen atoms in total. The Morgan fingerprint density at radius 1 is 1.56 bits per heavy atom. The van der Waals surface area contributed by atoms with Crippen LogP contribution in [0.15, 0.2) is 5.38 Å². The summed E-state index contributed by atoms with van der Waals surface area (Å²) in [4.78, 5) is 4.41. The highest BCUT2D eigenvalue weighted by molar-refractivity contribution is 7.09. The van der Waals surface area contributed by atoms with E-state index in [1.807, 2.05) is 0 Å². The molecule has 5 heteroatoms. The van der Waals surface area contributed by atoms with E-state index in [-0.39, 0.29) is 0 Å². The van der Waals surface area contributed by atoms with Crippen LogP contribution in [-0.2, 0) is 17.9 Å². The number of unbranched alkanes of at least 4 members (excludes halogenated alkanes) is 2. The van der Waals surface area contributed by atoms with E-state index in [2.05, 4.69) is 21.8 Å². The Morgan fingerprint density at radius 2 is 2.44 bits per heavy atom. The molecule has 0 aliphatic carbocycles. The number of nitrogens with zero attached hydrogens (tertiary/aromatic N) is 2. The zero-order chi connectivity index (χ0) is 11.6. The summed E-state index contributed by atoms with van der Waals surface area (Å²) < 4.78 is 5.01. The topological polar surface area (TPSA) is 57.9 Å². The van der Waals surface area contributed by atoms with Crippen LogP contribution in [0.5, 0.6) is 0 Å². The fraction of sp³-hybridized carbons (Fsp3) is 0.636. The van der Waals surface area contributed by atoms with Gasteiger partial charge >= 0.3 is 0 Å². The second-order valence-electron chi connectivity index (χ2n) is 3.46. The van der Waals surface area contributed by atoms with Gasteiger partial charge in [0.1, 0.15) is 5.01 Å². The molecule has 0 spiro atoms. The van der Waals surface area contributed by atoms with Crippen molar-refractivity contribution in [1.82, 2.24) is 10.3 Å². The number of rotatable bonds is 8. The Labute approximate surface area is 100 Å². The molecule has 0 saturated carbocycles. The van der Waals surface area contributed by atoms with Gasteiger partial charge in [-0.15, -0.1) is 11.3 Å². The number of aromatic nitrogens is 1. The maximum atomic E-state index is 8.36. The predicted octanol–water partition coefficient (Wildman–Crippen LogP) is 2.07. The van der Waals surface area contributed by atoms with Gasteiger partial charge in [0.05, 0.1) is 18.4 Å². The van der Waals surface area contributed by atoms with Crippen molar-refractivity contribution in [1.29, 1.82) is 5.26 Å². The zero-order valence-electron chi connectivity index (χ0n) is 9.53. The fourth-order valence-corrected chi connectivity index (χ4v) is 2.05. The van der Waals surface area contributed by atoms with Crippen LogP contribution in [0, 0.1) is 11.3 Å². The van der Waals surface area contributed by atoms with Crippen LogP contribution in [0.4, 0.5) is 0 Å². The van der Waals surface area contributed by atoms with Gasteiger partial charge in [-0.1, -0.05) is 0 Å². The summed E-state index contributed by atoms with van der Waals surface area (Å²) in [5.41, 5.74) is 1.07. The molecule has 1 rings (SSSR count). The molecular formula is C11H17N3OS. The monoisotopic (exact) mass is 239 g/mol. The fourth-order valence-electron chi connectivity index (χ4n) is 1.29. The number of methoxy groups -OCH3 is 1. The van der Waals surface area contributed by atoms with Crippen molar-refractivity contribution in [2.45, 2.75) is 32.4 Å². The van der Waals surface area contributed by atoms with Crippen LogP contribution in [0.25, 0.3) is 0 Å². The average Bonchev–Trinajstić information content (AvgIpc) is 2.72. The van der Waals surface area contributed by atoms with E-state index in [1.165, 1.54) is 0 Å². The molecule has 0 aliphatic rings. The van der Waals surface area contributed by atoms with Crippen LogP contribution < -0.4 is 5.32 Å². The van der Waals surface area contributed by atoms with Gasteiger partial charge in [0.15, 0.2) is 0 Å². The largest absolute Gasteiger partial charge is 0.378 e. The molecule has 0 aromatic carbocycles. The third-order valence-corrected chi connectivity index (χ3v) is 2.94. The molecule has 0 bridgehead atoms. The summed E-state index contributed by atoms with van der Waals surface area (Å²) in [6, 6.07) is 2.14. The average molecular weight is 239 g/mol. The highest BCUT2D eigenvalue weighted by Gasteiger charge is 2.00. The quantitative estimate of drug-likeness (QED) is 0.706. The van der Waals surface area contributed by atoms with Gasteiger partial charge < -0.3 is 10.1 Å². The van der Waals surface area contributed by atoms with Gasteiger partial charge in [-0.05, 0) is 19.4 Å². The molecule has 0 fully saturated rings. The van der Waals surface area contributed by atoms with E-state index < -0.39 is 0 Å². The summed E-state index contributed by atoms with van der Waals surface area (Å²) in [6.07, 6.45) is 2.66. The van der Waals surface area contributed by atoms with Crippen molar-refractivity contribution in [2.24, 2.45) is 0 Å². The summed E-state index contributed by atoms with van der Waals surface area (Å²) in [6.45, 7) is 2.33. The second kappa shape index (κ2) is 8.22. The lowest BCUT2D eigenvalue weighted by Crippen LogP contribution is -2.14. The Balaban J connectivity index is 2.10. The van der Waals surface area contributed by atoms with Crippen LogP contribution in [0.3, 0.4) is 0 Å². The minimum Gasteiger partial charge on any atom is -0.378 e. The van der Waals surface area contributed by atoms with Crippen molar-refractivity contribution >= 4 is 11.3 Å². The first-order valence-electron chi connectivity index (χ1n) is 5.36. The van der Waals surface area contributed by atoms with Crippen molar-refractivity contribution in [3.8, 4) is 6.07 Å². The van der Waals surface area contributed by atoms with Gasteiger partial charge in [-0.2, -0.15) is 5.26 Å². The number of hydrogen-bond acceptors (Lipinski definition) is 5. The first kappa shape index (κ1) is 13.1. The molecule has 0 saturated heterocycles. The summed E-state index contributed by atoms with van der Waals surface area (Å²) in [5, 5.41) is 14.7. The Bertz CT molecular complexity index is 332. The number of nitriles is 1. The third kappa shape index (κ3) is 5.21. The van der Waals surface area contributed by atoms with Crippen LogP contribution in [0.1, 0.15) is 30.0 Å². The predicted molar refractivity (Wildman–Crippen MR) is 64.0 cm³/mol. The maximum Gasteiger partial charge on any atom is 0.119 e. The summed E-state index contributed by atoms with van der Waals surface area (Å²) >= 11 is 1.63. The van der Waals surface area contributed by atoms with E-state index >= 15 is 0 Å². The first-order chi connectivity index (χ1) is 7.86. The molecular weight excluding hydrogens is 222 g/mol. The number of nitrogens with one attached hydrogen (secondary N) is 1. The Morgan fingerprint density at radius 3 is 3.19 bits per heavy atom. The normalized spacial score (nSPS) is 10.2. The van der Waals surface area contributed by atoms with Gasteiger partial charge in [0.2, 0.25) is 0 Å². The van der Waals surface area contributed by atoms with E-state index in [4.69, 9.17) is 10.00 Å². The molecule has 0 atom stereocenters. The van der Waals surface area contributed by atoms with E-state index in [0.717, 1.165) is 36.6 Å². The number of ether oxygens (including phenoxy) is 1. The molecule has 0 radical (unpaired) electrons. The standard InChI is InChI=1S/C11H17N3OS/c1-15-8-11-14-10(9-16-11)7-13-6-4-2-3-5-12/h9,13H,2-4,6-8H2,1H3. The molecule has 0 amide bonds. The SMILES string of the molecule is COCc1nc(CNCCCCC#N)cs1. The number of hydrogen-bond donors (Lipinski definition) is 1. The van der Waals surface area contributed by atoms with Crippen molar-refractivity contribution < 1.29 is 4.74 Å². The molecule has 1 aromatic rings. The van der Waals surface area contributed by atoms with Gasteiger partial charge in [0.25, 0.3) is 0 Å². The van der Waals surface area contributed by atoms with E-state index in [1.54, 1.807) is 18.4 Å². The zero-order valence-corrected chi connectivity index (χ0v) is 10.3. The molecule has 88 valence electrons. The van der Waals surface area contributed by atoms with Crippen LogP contribution >= 0.6 is 11.3 Å². The Hall–Kier alpha value is -0.960. The smallest absolute Gasteiger partial charge is 0.119 e. The van der Waals surface area contributed by atoms with Crippen molar-refractivity contribution in [3.63, 3.8) is 0 Å². The van der Waals surface area contributed by atoms with Gasteiger partial charge in [0, 0.05) is 25.5 Å². The van der Waals surface area contributed by atoms with E-state index in [0.29, 0.717) is 13.0 Å². The van der Waals surface area contributed by atoms with Crippen LogP contribution in [0.2, 0.25) is 0 Å². The third-order valence-electron chi connectivity index (χ3n) is 2.07.